The topological polar surface area (TPSA) is 70.1 Å². The third-order valence-corrected chi connectivity index (χ3v) is 0.677. The second kappa shape index (κ2) is 3.77. The minimum Gasteiger partial charge on any atom is -0.396 e. The Hall–Kier alpha value is -0.410. The molecular formula is C4H10N2O. The van der Waals surface area contributed by atoms with E-state index in [-0.39, 0.29) is 12.6 Å². The lowest BCUT2D eigenvalue weighted by molar-refractivity contribution is 0.285. The summed E-state index contributed by atoms with van der Waals surface area (Å²) in [6.45, 7) is 0.0660. The zero-order chi connectivity index (χ0) is 5.70. The lowest BCUT2D eigenvalue weighted by Crippen LogP contribution is -2.21. The first-order chi connectivity index (χ1) is 3.31. The van der Waals surface area contributed by atoms with Crippen LogP contribution in [0.1, 0.15) is 6.42 Å². The molecular weight excluding hydrogens is 92.1 g/mol. The monoisotopic (exact) mass is 102 g/mol. The van der Waals surface area contributed by atoms with Crippen LogP contribution in [0.25, 0.3) is 0 Å². The van der Waals surface area contributed by atoms with Crippen LogP contribution in [0.2, 0.25) is 0 Å². The highest BCUT2D eigenvalue weighted by Crippen LogP contribution is 1.77. The third-order valence-electron chi connectivity index (χ3n) is 0.677. The second-order valence-corrected chi connectivity index (χ2v) is 1.34. The maximum Gasteiger partial charge on any atom is 0.0449 e. The smallest absolute Gasteiger partial charge is 0.0449 e. The van der Waals surface area contributed by atoms with Crippen molar-refractivity contribution in [2.45, 2.75) is 12.5 Å². The molecule has 0 aromatic rings. The molecule has 0 bridgehead atoms. The van der Waals surface area contributed by atoms with E-state index in [4.69, 9.17) is 16.2 Å². The first-order valence-electron chi connectivity index (χ1n) is 2.18. The molecule has 0 radical (unpaired) electrons. The molecule has 0 heterocycles. The number of hydrogen-bond donors (Lipinski definition) is 3. The van der Waals surface area contributed by atoms with Gasteiger partial charge in [-0.1, -0.05) is 0 Å². The largest absolute Gasteiger partial charge is 0.396 e. The lowest BCUT2D eigenvalue weighted by Gasteiger charge is -1.97. The summed E-state index contributed by atoms with van der Waals surface area (Å²) in [5.74, 6) is 0. The molecule has 0 spiro atoms. The van der Waals surface area contributed by atoms with Crippen molar-refractivity contribution in [3.8, 4) is 0 Å². The fourth-order valence-electron chi connectivity index (χ4n) is 0.232. The zero-order valence-electron chi connectivity index (χ0n) is 4.09. The zero-order valence-corrected chi connectivity index (χ0v) is 4.09. The summed E-state index contributed by atoms with van der Waals surface area (Å²) in [7, 11) is 0. The van der Waals surface area contributed by atoms with Gasteiger partial charge in [0.15, 0.2) is 0 Å². The van der Waals surface area contributed by atoms with E-state index in [1.54, 1.807) is 0 Å². The fraction of sp³-hybridized carbons (Fsp3) is 0.750. The van der Waals surface area contributed by atoms with Crippen LogP contribution in [0.15, 0.2) is 0 Å². The molecule has 0 aliphatic carbocycles. The number of aliphatic hydroxyl groups excluding tert-OH is 1. The standard InChI is InChI=1S/C4H10N2O/c5-3-4(6)1-2-7/h3-5,7H,1-2,6H2. The van der Waals surface area contributed by atoms with Crippen molar-refractivity contribution in [3.05, 3.63) is 0 Å². The van der Waals surface area contributed by atoms with Gasteiger partial charge in [-0.05, 0) is 6.42 Å². The van der Waals surface area contributed by atoms with Gasteiger partial charge >= 0.3 is 0 Å². The van der Waals surface area contributed by atoms with Crippen molar-refractivity contribution >= 4 is 6.21 Å². The van der Waals surface area contributed by atoms with Crippen molar-refractivity contribution in [3.63, 3.8) is 0 Å². The molecule has 0 aromatic carbocycles. The minimum absolute atomic E-state index is 0.0660. The van der Waals surface area contributed by atoms with Gasteiger partial charge in [0.1, 0.15) is 0 Å². The molecule has 0 saturated heterocycles. The summed E-state index contributed by atoms with van der Waals surface area (Å²) in [6.07, 6.45) is 1.61. The molecule has 0 amide bonds. The molecule has 0 aliphatic rings. The van der Waals surface area contributed by atoms with Gasteiger partial charge in [-0.15, -0.1) is 0 Å². The molecule has 1 atom stereocenters. The van der Waals surface area contributed by atoms with E-state index < -0.39 is 0 Å². The van der Waals surface area contributed by atoms with Crippen LogP contribution in [-0.4, -0.2) is 24.0 Å². The Morgan fingerprint density at radius 3 is 2.57 bits per heavy atom. The molecule has 0 saturated carbocycles. The van der Waals surface area contributed by atoms with Crippen LogP contribution >= 0.6 is 0 Å². The average molecular weight is 102 g/mol. The predicted molar refractivity (Wildman–Crippen MR) is 28.5 cm³/mol. The molecule has 0 fully saturated rings. The van der Waals surface area contributed by atoms with E-state index >= 15 is 0 Å². The number of nitrogens with one attached hydrogen (secondary N) is 1. The highest BCUT2D eigenvalue weighted by atomic mass is 16.3. The van der Waals surface area contributed by atoms with Crippen molar-refractivity contribution < 1.29 is 5.11 Å². The minimum atomic E-state index is -0.259. The summed E-state index contributed by atoms with van der Waals surface area (Å²) in [4.78, 5) is 0. The molecule has 1 unspecified atom stereocenters. The van der Waals surface area contributed by atoms with Gasteiger partial charge in [-0.2, -0.15) is 0 Å². The van der Waals surface area contributed by atoms with E-state index in [1.807, 2.05) is 0 Å². The van der Waals surface area contributed by atoms with Crippen LogP contribution in [0.3, 0.4) is 0 Å². The third kappa shape index (κ3) is 3.42. The van der Waals surface area contributed by atoms with Gasteiger partial charge in [0, 0.05) is 18.9 Å². The summed E-state index contributed by atoms with van der Waals surface area (Å²) >= 11 is 0. The van der Waals surface area contributed by atoms with E-state index in [1.165, 1.54) is 0 Å². The first-order valence-corrected chi connectivity index (χ1v) is 2.18. The Kier molecular flexibility index (Phi) is 3.55. The van der Waals surface area contributed by atoms with Gasteiger partial charge < -0.3 is 16.2 Å². The Morgan fingerprint density at radius 1 is 1.86 bits per heavy atom. The SMILES string of the molecule is N=CC(N)CCO. The highest BCUT2D eigenvalue weighted by Gasteiger charge is 1.91. The van der Waals surface area contributed by atoms with Gasteiger partial charge in [0.05, 0.1) is 0 Å². The highest BCUT2D eigenvalue weighted by molar-refractivity contribution is 5.59. The molecule has 0 aromatic heterocycles. The first kappa shape index (κ1) is 6.59. The van der Waals surface area contributed by atoms with Crippen LogP contribution in [0.4, 0.5) is 0 Å². The molecule has 7 heavy (non-hydrogen) atoms. The lowest BCUT2D eigenvalue weighted by atomic mass is 10.2. The summed E-state index contributed by atoms with van der Waals surface area (Å²) in [6, 6.07) is -0.259. The number of aliphatic hydroxyl groups is 1. The number of nitrogens with two attached hydrogens (primary N) is 1. The van der Waals surface area contributed by atoms with Crippen LogP contribution in [-0.2, 0) is 0 Å². The fourth-order valence-corrected chi connectivity index (χ4v) is 0.232. The van der Waals surface area contributed by atoms with Crippen LogP contribution in [0, 0.1) is 5.41 Å². The Labute approximate surface area is 42.7 Å². The molecule has 0 rings (SSSR count). The van der Waals surface area contributed by atoms with Gasteiger partial charge in [-0.25, -0.2) is 0 Å². The normalized spacial score (nSPS) is 13.4. The predicted octanol–water partition coefficient (Wildman–Crippen LogP) is -0.654. The Bertz CT molecular complexity index is 55.7. The molecule has 3 nitrogen and oxygen atoms in total. The van der Waals surface area contributed by atoms with Gasteiger partial charge in [0.25, 0.3) is 0 Å². The average Bonchev–Trinajstić information content (AvgIpc) is 1.68. The van der Waals surface area contributed by atoms with Crippen molar-refractivity contribution in [2.75, 3.05) is 6.61 Å². The van der Waals surface area contributed by atoms with Gasteiger partial charge in [-0.3, -0.25) is 0 Å². The molecule has 3 heteroatoms. The van der Waals surface area contributed by atoms with E-state index in [2.05, 4.69) is 0 Å². The second-order valence-electron chi connectivity index (χ2n) is 1.34. The van der Waals surface area contributed by atoms with Gasteiger partial charge in [0.2, 0.25) is 0 Å². The van der Waals surface area contributed by atoms with E-state index in [9.17, 15) is 0 Å². The van der Waals surface area contributed by atoms with Crippen molar-refractivity contribution in [1.82, 2.24) is 0 Å². The maximum absolute atomic E-state index is 8.18. The molecule has 42 valence electrons. The number of rotatable bonds is 3. The summed E-state index contributed by atoms with van der Waals surface area (Å²) in [5, 5.41) is 14.7. The molecule has 4 N–H and O–H groups in total. The molecule has 0 aliphatic heterocycles. The maximum atomic E-state index is 8.18. The Balaban J connectivity index is 2.98. The Morgan fingerprint density at radius 2 is 2.43 bits per heavy atom. The van der Waals surface area contributed by atoms with E-state index in [0.717, 1.165) is 6.21 Å². The quantitative estimate of drug-likeness (QED) is 0.414. The van der Waals surface area contributed by atoms with Crippen LogP contribution in [0.5, 0.6) is 0 Å². The number of hydrogen-bond acceptors (Lipinski definition) is 3. The van der Waals surface area contributed by atoms with Crippen molar-refractivity contribution in [1.29, 1.82) is 5.41 Å². The summed E-state index contributed by atoms with van der Waals surface area (Å²) in [5.41, 5.74) is 5.18. The summed E-state index contributed by atoms with van der Waals surface area (Å²) < 4.78 is 0. The van der Waals surface area contributed by atoms with Crippen molar-refractivity contribution in [2.24, 2.45) is 5.73 Å². The van der Waals surface area contributed by atoms with Crippen LogP contribution < -0.4 is 5.73 Å². The van der Waals surface area contributed by atoms with E-state index in [0.29, 0.717) is 6.42 Å².